The molecule has 0 aliphatic carbocycles. The summed E-state index contributed by atoms with van der Waals surface area (Å²) in [5.41, 5.74) is 3.49. The van der Waals surface area contributed by atoms with Gasteiger partial charge >= 0.3 is 0 Å². The molecule has 6 heteroatoms. The van der Waals surface area contributed by atoms with Crippen LogP contribution in [0.3, 0.4) is 0 Å². The molecule has 0 N–H and O–H groups in total. The smallest absolute Gasteiger partial charge is 0.194 e. The van der Waals surface area contributed by atoms with Crippen LogP contribution in [0.2, 0.25) is 10.0 Å². The average Bonchev–Trinajstić information content (AvgIpc) is 2.92. The van der Waals surface area contributed by atoms with Crippen molar-refractivity contribution in [1.82, 2.24) is 9.38 Å². The molecule has 20 heavy (non-hydrogen) atoms. The highest BCUT2D eigenvalue weighted by molar-refractivity contribution is 7.15. The Hall–Kier alpha value is -1.54. The van der Waals surface area contributed by atoms with Crippen molar-refractivity contribution in [2.75, 3.05) is 0 Å². The van der Waals surface area contributed by atoms with Crippen LogP contribution in [0, 0.1) is 18.3 Å². The molecule has 100 valence electrons. The van der Waals surface area contributed by atoms with Gasteiger partial charge in [0.05, 0.1) is 28.9 Å². The van der Waals surface area contributed by atoms with Gasteiger partial charge in [-0.05, 0) is 25.1 Å². The van der Waals surface area contributed by atoms with Crippen LogP contribution in [0.15, 0.2) is 23.6 Å². The molecule has 3 nitrogen and oxygen atoms in total. The molecule has 1 aromatic carbocycles. The van der Waals surface area contributed by atoms with Crippen LogP contribution in [-0.4, -0.2) is 9.38 Å². The summed E-state index contributed by atoms with van der Waals surface area (Å²) in [5.74, 6) is 0. The Bertz CT molecular complexity index is 842. The van der Waals surface area contributed by atoms with Gasteiger partial charge in [0, 0.05) is 21.7 Å². The molecule has 0 aliphatic rings. The van der Waals surface area contributed by atoms with Crippen molar-refractivity contribution in [3.8, 4) is 17.3 Å². The largest absolute Gasteiger partial charge is 0.290 e. The lowest BCUT2D eigenvalue weighted by atomic mass is 10.1. The predicted molar refractivity (Wildman–Crippen MR) is 82.6 cm³/mol. The van der Waals surface area contributed by atoms with Gasteiger partial charge in [-0.1, -0.05) is 23.2 Å². The Labute approximate surface area is 130 Å². The lowest BCUT2D eigenvalue weighted by molar-refractivity contribution is 1.03. The zero-order chi connectivity index (χ0) is 14.3. The van der Waals surface area contributed by atoms with Gasteiger partial charge in [-0.15, -0.1) is 11.3 Å². The summed E-state index contributed by atoms with van der Waals surface area (Å²) in [6, 6.07) is 7.50. The molecule has 0 amide bonds. The van der Waals surface area contributed by atoms with Crippen molar-refractivity contribution in [3.05, 3.63) is 45.0 Å². The maximum atomic E-state index is 9.07. The summed E-state index contributed by atoms with van der Waals surface area (Å²) >= 11 is 13.7. The second kappa shape index (κ2) is 5.10. The van der Waals surface area contributed by atoms with Gasteiger partial charge in [0.2, 0.25) is 0 Å². The third-order valence-corrected chi connectivity index (χ3v) is 4.55. The molecular formula is C14H9Cl2N3S. The van der Waals surface area contributed by atoms with Gasteiger partial charge < -0.3 is 0 Å². The van der Waals surface area contributed by atoms with Gasteiger partial charge in [-0.25, -0.2) is 4.98 Å². The molecule has 0 bridgehead atoms. The summed E-state index contributed by atoms with van der Waals surface area (Å²) in [6.45, 7) is 2.00. The predicted octanol–water partition coefficient (Wildman–Crippen LogP) is 4.74. The minimum atomic E-state index is 0.285. The molecule has 0 fully saturated rings. The van der Waals surface area contributed by atoms with E-state index in [9.17, 15) is 0 Å². The monoisotopic (exact) mass is 321 g/mol. The maximum Gasteiger partial charge on any atom is 0.194 e. The topological polar surface area (TPSA) is 41.1 Å². The van der Waals surface area contributed by atoms with Crippen molar-refractivity contribution in [2.24, 2.45) is 0 Å². The fraction of sp³-hybridized carbons (Fsp3) is 0.143. The minimum absolute atomic E-state index is 0.285. The van der Waals surface area contributed by atoms with E-state index in [1.165, 1.54) is 0 Å². The second-order valence-corrected chi connectivity index (χ2v) is 6.04. The molecule has 2 heterocycles. The molecule has 0 spiro atoms. The van der Waals surface area contributed by atoms with E-state index in [2.05, 4.69) is 11.1 Å². The molecule has 0 unspecified atom stereocenters. The Balaban J connectivity index is 2.30. The van der Waals surface area contributed by atoms with E-state index in [-0.39, 0.29) is 6.42 Å². The summed E-state index contributed by atoms with van der Waals surface area (Å²) < 4.78 is 2.01. The van der Waals surface area contributed by atoms with Crippen molar-refractivity contribution in [2.45, 2.75) is 13.3 Å². The van der Waals surface area contributed by atoms with Crippen LogP contribution in [0.4, 0.5) is 0 Å². The van der Waals surface area contributed by atoms with E-state index in [1.807, 2.05) is 22.8 Å². The quantitative estimate of drug-likeness (QED) is 0.683. The molecule has 0 aliphatic heterocycles. The van der Waals surface area contributed by atoms with E-state index in [0.717, 1.165) is 27.6 Å². The molecule has 0 saturated heterocycles. The second-order valence-electron chi connectivity index (χ2n) is 4.36. The number of halogens is 2. The van der Waals surface area contributed by atoms with Crippen LogP contribution in [-0.2, 0) is 6.42 Å². The molecule has 2 aromatic heterocycles. The molecule has 3 aromatic rings. The van der Waals surface area contributed by atoms with Crippen LogP contribution in [0.25, 0.3) is 16.2 Å². The summed E-state index contributed by atoms with van der Waals surface area (Å²) in [6.07, 6.45) is 0.285. The molecular weight excluding hydrogens is 313 g/mol. The Morgan fingerprint density at radius 2 is 2.20 bits per heavy atom. The lowest BCUT2D eigenvalue weighted by Crippen LogP contribution is -1.94. The van der Waals surface area contributed by atoms with Crippen molar-refractivity contribution >= 4 is 39.5 Å². The first-order valence-corrected chi connectivity index (χ1v) is 7.53. The van der Waals surface area contributed by atoms with Crippen molar-refractivity contribution < 1.29 is 0 Å². The summed E-state index contributed by atoms with van der Waals surface area (Å²) in [5, 5.41) is 12.2. The zero-order valence-electron chi connectivity index (χ0n) is 10.5. The third kappa shape index (κ3) is 2.08. The molecule has 0 radical (unpaired) electrons. The van der Waals surface area contributed by atoms with E-state index < -0.39 is 0 Å². The standard InChI is InChI=1S/C14H9Cl2N3S/c1-8-7-20-14-18-13(12(4-5-17)19(8)14)10-3-2-9(15)6-11(10)16/h2-3,6-7H,4H2,1H3. The lowest BCUT2D eigenvalue weighted by Gasteiger charge is -2.04. The normalized spacial score (nSPS) is 10.9. The molecule has 3 rings (SSSR count). The number of aryl methyl sites for hydroxylation is 1. The summed E-state index contributed by atoms with van der Waals surface area (Å²) in [7, 11) is 0. The SMILES string of the molecule is Cc1csc2nc(-c3ccc(Cl)cc3Cl)c(CC#N)n12. The number of aromatic nitrogens is 2. The first kappa shape index (κ1) is 13.4. The number of fused-ring (bicyclic) bond motifs is 1. The van der Waals surface area contributed by atoms with E-state index >= 15 is 0 Å². The number of rotatable bonds is 2. The van der Waals surface area contributed by atoms with Crippen molar-refractivity contribution in [3.63, 3.8) is 0 Å². The van der Waals surface area contributed by atoms with E-state index in [0.29, 0.717) is 10.0 Å². The van der Waals surface area contributed by atoms with Crippen molar-refractivity contribution in [1.29, 1.82) is 5.26 Å². The van der Waals surface area contributed by atoms with Crippen LogP contribution in [0.5, 0.6) is 0 Å². The fourth-order valence-corrected chi connectivity index (χ4v) is 3.58. The van der Waals surface area contributed by atoms with Crippen LogP contribution >= 0.6 is 34.5 Å². The zero-order valence-corrected chi connectivity index (χ0v) is 12.9. The number of thiazole rings is 1. The number of imidazole rings is 1. The first-order chi connectivity index (χ1) is 9.61. The summed E-state index contributed by atoms with van der Waals surface area (Å²) in [4.78, 5) is 5.48. The highest BCUT2D eigenvalue weighted by atomic mass is 35.5. The fourth-order valence-electron chi connectivity index (χ4n) is 2.20. The highest BCUT2D eigenvalue weighted by Crippen LogP contribution is 2.34. The van der Waals surface area contributed by atoms with E-state index in [4.69, 9.17) is 28.5 Å². The third-order valence-electron chi connectivity index (χ3n) is 3.06. The highest BCUT2D eigenvalue weighted by Gasteiger charge is 2.18. The van der Waals surface area contributed by atoms with Crippen LogP contribution < -0.4 is 0 Å². The van der Waals surface area contributed by atoms with E-state index in [1.54, 1.807) is 23.5 Å². The molecule has 0 atom stereocenters. The Morgan fingerprint density at radius 3 is 2.90 bits per heavy atom. The maximum absolute atomic E-state index is 9.07. The van der Waals surface area contributed by atoms with Crippen LogP contribution in [0.1, 0.15) is 11.4 Å². The average molecular weight is 322 g/mol. The first-order valence-electron chi connectivity index (χ1n) is 5.89. The Morgan fingerprint density at radius 1 is 1.40 bits per heavy atom. The molecule has 0 saturated carbocycles. The number of benzene rings is 1. The Kier molecular flexibility index (Phi) is 3.43. The number of nitrogens with zero attached hydrogens (tertiary/aromatic N) is 3. The van der Waals surface area contributed by atoms with Gasteiger partial charge in [0.1, 0.15) is 0 Å². The van der Waals surface area contributed by atoms with Gasteiger partial charge in [-0.2, -0.15) is 5.26 Å². The van der Waals surface area contributed by atoms with Gasteiger partial charge in [0.15, 0.2) is 4.96 Å². The van der Waals surface area contributed by atoms with Gasteiger partial charge in [0.25, 0.3) is 0 Å². The number of hydrogen-bond donors (Lipinski definition) is 0. The minimum Gasteiger partial charge on any atom is -0.290 e. The number of hydrogen-bond acceptors (Lipinski definition) is 3. The van der Waals surface area contributed by atoms with Gasteiger partial charge in [-0.3, -0.25) is 4.40 Å². The number of nitriles is 1.